The van der Waals surface area contributed by atoms with Gasteiger partial charge in [-0.3, -0.25) is 9.13 Å². The van der Waals surface area contributed by atoms with E-state index in [1.54, 1.807) is 0 Å². The Hall–Kier alpha value is -2.91. The molecular formula is C49H74N2Si. The summed E-state index contributed by atoms with van der Waals surface area (Å²) < 4.78 is 4.91. The van der Waals surface area contributed by atoms with Gasteiger partial charge >= 0.3 is 0 Å². The van der Waals surface area contributed by atoms with Crippen LogP contribution in [0, 0.1) is 19.8 Å². The zero-order valence-corrected chi connectivity index (χ0v) is 37.5. The maximum Gasteiger partial charge on any atom is 0.139 e. The Kier molecular flexibility index (Phi) is 14.1. The molecule has 1 saturated carbocycles. The molecule has 52 heavy (non-hydrogen) atoms. The van der Waals surface area contributed by atoms with Gasteiger partial charge < -0.3 is 0 Å². The van der Waals surface area contributed by atoms with Gasteiger partial charge in [0.2, 0.25) is 0 Å². The lowest BCUT2D eigenvalue weighted by molar-refractivity contribution is -0.659. The molecule has 0 spiro atoms. The molecule has 5 rings (SSSR count). The summed E-state index contributed by atoms with van der Waals surface area (Å²) in [5.41, 5.74) is 18.8. The molecule has 0 amide bonds. The summed E-state index contributed by atoms with van der Waals surface area (Å²) in [4.78, 5) is 0. The molecule has 3 aromatic carbocycles. The second-order valence-corrected chi connectivity index (χ2v) is 19.4. The molecule has 0 N–H and O–H groups in total. The second kappa shape index (κ2) is 17.5. The average Bonchev–Trinajstić information content (AvgIpc) is 3.64. The van der Waals surface area contributed by atoms with Crippen molar-refractivity contribution < 1.29 is 4.57 Å². The van der Waals surface area contributed by atoms with Crippen LogP contribution in [0.4, 0.5) is 0 Å². The molecule has 2 nitrogen and oxygen atoms in total. The zero-order valence-electron chi connectivity index (χ0n) is 36.4. The molecule has 0 radical (unpaired) electrons. The van der Waals surface area contributed by atoms with Gasteiger partial charge in [0.15, 0.2) is 0 Å². The van der Waals surface area contributed by atoms with E-state index in [1.165, 1.54) is 103 Å². The van der Waals surface area contributed by atoms with Gasteiger partial charge in [0.05, 0.1) is 19.5 Å². The fourth-order valence-corrected chi connectivity index (χ4v) is 10.0. The summed E-state index contributed by atoms with van der Waals surface area (Å²) in [6, 6.07) is 17.3. The van der Waals surface area contributed by atoms with Crippen LogP contribution in [0.5, 0.6) is 0 Å². The number of benzene rings is 3. The van der Waals surface area contributed by atoms with Gasteiger partial charge in [0, 0.05) is 13.8 Å². The lowest BCUT2D eigenvalue weighted by Gasteiger charge is -2.31. The third kappa shape index (κ3) is 8.89. The van der Waals surface area contributed by atoms with Gasteiger partial charge in [-0.25, -0.2) is 0 Å². The molecule has 0 unspecified atom stereocenters. The molecule has 3 heteroatoms. The van der Waals surface area contributed by atoms with Crippen LogP contribution < -0.4 is 15.2 Å². The molecule has 1 aliphatic carbocycles. The number of aromatic nitrogens is 2. The lowest BCUT2D eigenvalue weighted by atomic mass is 9.79. The summed E-state index contributed by atoms with van der Waals surface area (Å²) in [7, 11) is 4.32. The van der Waals surface area contributed by atoms with E-state index < -0.39 is 0 Å². The van der Waals surface area contributed by atoms with Crippen LogP contribution in [-0.2, 0) is 14.1 Å². The smallest absolute Gasteiger partial charge is 0.139 e. The van der Waals surface area contributed by atoms with Gasteiger partial charge in [-0.1, -0.05) is 158 Å². The SMILES string of the molecule is CC1CCCC1.Cc1c(C)[n+](C)c([SiH-]c2c(-c3c(C(C)C)cc(C(C)C)cc3C(C)C)cccc2-c2c(C(C)C)cc(C(C)C)cc2C(C)C)n1C. The van der Waals surface area contributed by atoms with E-state index in [4.69, 9.17) is 0 Å². The maximum absolute atomic E-state index is 2.52. The third-order valence-corrected chi connectivity index (χ3v) is 14.0. The predicted molar refractivity (Wildman–Crippen MR) is 232 cm³/mol. The molecule has 284 valence electrons. The monoisotopic (exact) mass is 719 g/mol. The molecule has 1 fully saturated rings. The van der Waals surface area contributed by atoms with Crippen molar-refractivity contribution in [1.29, 1.82) is 0 Å². The molecule has 0 aliphatic heterocycles. The van der Waals surface area contributed by atoms with E-state index in [2.05, 4.69) is 170 Å². The standard InChI is InChI=1S/C43H62N2Si.C6H12/c1-24(2)32-20-36(26(5)6)40(37(21-32)27(7)8)34-18-17-19-35(42(34)46-43-44(15)30(13)31(14)45(43)16)41-38(28(9)10)22-33(25(3)4)23-39(41)29(11)12;1-6-4-2-3-5-6/h17-29,46H,1-16H3;6H,2-5H2,1H3. The normalized spacial score (nSPS) is 13.8. The highest BCUT2D eigenvalue weighted by molar-refractivity contribution is 6.68. The highest BCUT2D eigenvalue weighted by atomic mass is 28.2. The Morgan fingerprint density at radius 2 is 0.981 bits per heavy atom. The van der Waals surface area contributed by atoms with Gasteiger partial charge in [0.1, 0.15) is 11.4 Å². The quantitative estimate of drug-likeness (QED) is 0.114. The summed E-state index contributed by atoms with van der Waals surface area (Å²) in [6.45, 7) is 35.3. The molecule has 0 atom stereocenters. The molecule has 1 aromatic heterocycles. The molecular weight excluding hydrogens is 645 g/mol. The van der Waals surface area contributed by atoms with E-state index in [0.717, 1.165) is 5.92 Å². The van der Waals surface area contributed by atoms with Crippen molar-refractivity contribution in [3.63, 3.8) is 0 Å². The first-order valence-corrected chi connectivity index (χ1v) is 21.9. The van der Waals surface area contributed by atoms with Gasteiger partial charge in [-0.2, -0.15) is 14.7 Å². The van der Waals surface area contributed by atoms with E-state index in [-0.39, 0.29) is 9.52 Å². The number of nitrogens with zero attached hydrogens (tertiary/aromatic N) is 2. The minimum Gasteiger partial charge on any atom is -0.266 e. The van der Waals surface area contributed by atoms with Crippen LogP contribution in [0.3, 0.4) is 0 Å². The number of rotatable bonds is 10. The first-order chi connectivity index (χ1) is 24.4. The van der Waals surface area contributed by atoms with Crippen molar-refractivity contribution in [2.45, 2.75) is 165 Å². The zero-order chi connectivity index (χ0) is 38.8. The summed E-state index contributed by atoms with van der Waals surface area (Å²) >= 11 is 0. The Morgan fingerprint density at radius 1 is 0.615 bits per heavy atom. The Bertz CT molecular complexity index is 1650. The van der Waals surface area contributed by atoms with Crippen molar-refractivity contribution in [2.75, 3.05) is 0 Å². The van der Waals surface area contributed by atoms with Crippen LogP contribution in [0.2, 0.25) is 0 Å². The Balaban J connectivity index is 0.000000913. The Morgan fingerprint density at radius 3 is 1.23 bits per heavy atom. The van der Waals surface area contributed by atoms with Gasteiger partial charge in [-0.15, -0.1) is 0 Å². The first kappa shape index (κ1) is 41.8. The number of hydrogen-bond donors (Lipinski definition) is 0. The van der Waals surface area contributed by atoms with Gasteiger partial charge in [0.25, 0.3) is 0 Å². The number of hydrogen-bond acceptors (Lipinski definition) is 0. The van der Waals surface area contributed by atoms with E-state index in [9.17, 15) is 0 Å². The highest BCUT2D eigenvalue weighted by Gasteiger charge is 2.25. The van der Waals surface area contributed by atoms with Crippen molar-refractivity contribution in [1.82, 2.24) is 4.57 Å². The average molecular weight is 719 g/mol. The minimum absolute atomic E-state index is 0.207. The second-order valence-electron chi connectivity index (χ2n) is 18.0. The summed E-state index contributed by atoms with van der Waals surface area (Å²) in [5.74, 6) is 3.75. The van der Waals surface area contributed by atoms with E-state index >= 15 is 0 Å². The van der Waals surface area contributed by atoms with Crippen molar-refractivity contribution in [3.8, 4) is 22.3 Å². The minimum atomic E-state index is -0.207. The lowest BCUT2D eigenvalue weighted by Crippen LogP contribution is -2.54. The van der Waals surface area contributed by atoms with Gasteiger partial charge in [-0.05, 0) is 97.1 Å². The van der Waals surface area contributed by atoms with E-state index in [0.29, 0.717) is 35.5 Å². The predicted octanol–water partition coefficient (Wildman–Crippen LogP) is 12.1. The summed E-state index contributed by atoms with van der Waals surface area (Å²) in [5, 5.41) is 1.53. The largest absolute Gasteiger partial charge is 0.266 e. The number of imidazole rings is 1. The van der Waals surface area contributed by atoms with Crippen LogP contribution in [0.1, 0.15) is 196 Å². The van der Waals surface area contributed by atoms with Crippen LogP contribution >= 0.6 is 0 Å². The molecule has 4 aromatic rings. The van der Waals surface area contributed by atoms with Crippen LogP contribution in [0.25, 0.3) is 22.3 Å². The van der Waals surface area contributed by atoms with Crippen molar-refractivity contribution in [2.24, 2.45) is 20.0 Å². The molecule has 1 heterocycles. The topological polar surface area (TPSA) is 8.81 Å². The third-order valence-electron chi connectivity index (χ3n) is 12.0. The first-order valence-electron chi connectivity index (χ1n) is 20.7. The molecule has 0 saturated heterocycles. The fourth-order valence-electron chi connectivity index (χ4n) is 8.20. The van der Waals surface area contributed by atoms with E-state index in [1.807, 2.05) is 0 Å². The summed E-state index contributed by atoms with van der Waals surface area (Å²) in [6.07, 6.45) is 5.95. The fraction of sp³-hybridized carbons (Fsp3) is 0.571. The van der Waals surface area contributed by atoms with Crippen molar-refractivity contribution >= 4 is 20.2 Å². The van der Waals surface area contributed by atoms with Crippen LogP contribution in [0.15, 0.2) is 42.5 Å². The highest BCUT2D eigenvalue weighted by Crippen LogP contribution is 2.42. The Labute approximate surface area is 322 Å². The van der Waals surface area contributed by atoms with Crippen LogP contribution in [-0.4, -0.2) is 14.1 Å². The molecule has 0 bridgehead atoms. The maximum atomic E-state index is 2.52. The molecule has 1 aliphatic rings. The van der Waals surface area contributed by atoms with Crippen molar-refractivity contribution in [3.05, 3.63) is 87.2 Å².